The largest absolute Gasteiger partial charge is 0.357 e. The Morgan fingerprint density at radius 1 is 1.24 bits per heavy atom. The fraction of sp³-hybridized carbons (Fsp3) is 0.467. The van der Waals surface area contributed by atoms with Crippen LogP contribution in [0.4, 0.5) is 0 Å². The first kappa shape index (κ1) is 12.2. The summed E-state index contributed by atoms with van der Waals surface area (Å²) in [5.74, 6) is 0. The highest BCUT2D eigenvalue weighted by atomic mass is 14.9. The maximum atomic E-state index is 3.52. The van der Waals surface area contributed by atoms with Crippen molar-refractivity contribution < 1.29 is 0 Å². The zero-order chi connectivity index (χ0) is 12.4. The van der Waals surface area contributed by atoms with Gasteiger partial charge in [-0.2, -0.15) is 0 Å². The fourth-order valence-electron chi connectivity index (χ4n) is 2.32. The number of H-pyrrole nitrogens is 1. The van der Waals surface area contributed by atoms with Gasteiger partial charge >= 0.3 is 0 Å². The predicted octanol–water partition coefficient (Wildman–Crippen LogP) is 3.85. The Morgan fingerprint density at radius 2 is 2.00 bits per heavy atom. The van der Waals surface area contributed by atoms with Gasteiger partial charge in [-0.25, -0.2) is 0 Å². The predicted molar refractivity (Wildman–Crippen MR) is 74.5 cm³/mol. The van der Waals surface area contributed by atoms with Crippen LogP contribution in [0.1, 0.15) is 43.1 Å². The van der Waals surface area contributed by atoms with Crippen LogP contribution in [0.3, 0.4) is 0 Å². The molecule has 2 N–H and O–H groups in total. The van der Waals surface area contributed by atoms with Crippen molar-refractivity contribution in [3.05, 3.63) is 35.0 Å². The summed E-state index contributed by atoms with van der Waals surface area (Å²) in [5.41, 5.74) is 5.20. The summed E-state index contributed by atoms with van der Waals surface area (Å²) in [7, 11) is 0. The Labute approximate surface area is 103 Å². The van der Waals surface area contributed by atoms with Crippen LogP contribution in [0.2, 0.25) is 0 Å². The molecule has 0 radical (unpaired) electrons. The molecule has 92 valence electrons. The summed E-state index contributed by atoms with van der Waals surface area (Å²) in [6.45, 7) is 9.79. The minimum absolute atomic E-state index is 0.391. The molecule has 0 aliphatic rings. The van der Waals surface area contributed by atoms with Crippen LogP contribution in [-0.4, -0.2) is 11.5 Å². The third kappa shape index (κ3) is 2.52. The van der Waals surface area contributed by atoms with Crippen LogP contribution >= 0.6 is 0 Å². The van der Waals surface area contributed by atoms with Crippen molar-refractivity contribution in [1.82, 2.24) is 10.3 Å². The Hall–Kier alpha value is -1.28. The van der Waals surface area contributed by atoms with Gasteiger partial charge in [0.25, 0.3) is 0 Å². The summed E-state index contributed by atoms with van der Waals surface area (Å²) < 4.78 is 0. The first-order valence-electron chi connectivity index (χ1n) is 6.45. The van der Waals surface area contributed by atoms with E-state index in [0.717, 1.165) is 6.54 Å². The topological polar surface area (TPSA) is 27.8 Å². The molecule has 17 heavy (non-hydrogen) atoms. The second-order valence-corrected chi connectivity index (χ2v) is 4.94. The van der Waals surface area contributed by atoms with E-state index >= 15 is 0 Å². The van der Waals surface area contributed by atoms with Crippen molar-refractivity contribution in [1.29, 1.82) is 0 Å². The van der Waals surface area contributed by atoms with Gasteiger partial charge in [0.2, 0.25) is 0 Å². The van der Waals surface area contributed by atoms with E-state index < -0.39 is 0 Å². The zero-order valence-corrected chi connectivity index (χ0v) is 11.2. The van der Waals surface area contributed by atoms with Gasteiger partial charge in [0, 0.05) is 22.6 Å². The average Bonchev–Trinajstić information content (AvgIpc) is 2.69. The lowest BCUT2D eigenvalue weighted by atomic mass is 10.1. The second-order valence-electron chi connectivity index (χ2n) is 4.94. The number of fused-ring (bicyclic) bond motifs is 1. The molecule has 0 fully saturated rings. The van der Waals surface area contributed by atoms with Gasteiger partial charge in [-0.3, -0.25) is 0 Å². The molecule has 1 atom stereocenters. The van der Waals surface area contributed by atoms with Crippen molar-refractivity contribution in [2.45, 2.75) is 40.2 Å². The second kappa shape index (κ2) is 4.92. The monoisotopic (exact) mass is 230 g/mol. The van der Waals surface area contributed by atoms with Gasteiger partial charge < -0.3 is 10.3 Å². The molecule has 1 aromatic heterocycles. The first-order chi connectivity index (χ1) is 8.11. The fourth-order valence-corrected chi connectivity index (χ4v) is 2.32. The van der Waals surface area contributed by atoms with Gasteiger partial charge in [0.1, 0.15) is 0 Å². The van der Waals surface area contributed by atoms with Crippen molar-refractivity contribution in [2.24, 2.45) is 0 Å². The SMILES string of the molecule is CCCNC(C)c1cc2c(C)cc(C)cc2[nH]1. The van der Waals surface area contributed by atoms with Crippen molar-refractivity contribution >= 4 is 10.9 Å². The average molecular weight is 230 g/mol. The number of hydrogen-bond acceptors (Lipinski definition) is 1. The van der Waals surface area contributed by atoms with Crippen LogP contribution < -0.4 is 5.32 Å². The van der Waals surface area contributed by atoms with Crippen LogP contribution in [-0.2, 0) is 0 Å². The molecule has 0 aliphatic carbocycles. The van der Waals surface area contributed by atoms with Crippen molar-refractivity contribution in [3.8, 4) is 0 Å². The molecule has 0 aliphatic heterocycles. The third-order valence-corrected chi connectivity index (χ3v) is 3.28. The molecule has 2 aromatic rings. The van der Waals surface area contributed by atoms with Gasteiger partial charge in [-0.1, -0.05) is 13.0 Å². The molecule has 0 saturated carbocycles. The standard InChI is InChI=1S/C15H22N2/c1-5-6-16-12(4)14-9-13-11(3)7-10(2)8-15(13)17-14/h7-9,12,16-17H,5-6H2,1-4H3. The molecule has 0 saturated heterocycles. The van der Waals surface area contributed by atoms with E-state index in [1.807, 2.05) is 0 Å². The quantitative estimate of drug-likeness (QED) is 0.820. The number of rotatable bonds is 4. The Bertz CT molecular complexity index is 511. The summed E-state index contributed by atoms with van der Waals surface area (Å²) in [6, 6.07) is 7.13. The zero-order valence-electron chi connectivity index (χ0n) is 11.2. The smallest absolute Gasteiger partial charge is 0.0461 e. The van der Waals surface area contributed by atoms with Crippen LogP contribution in [0, 0.1) is 13.8 Å². The minimum Gasteiger partial charge on any atom is -0.357 e. The number of nitrogens with one attached hydrogen (secondary N) is 2. The van der Waals surface area contributed by atoms with Crippen LogP contribution in [0.25, 0.3) is 10.9 Å². The Balaban J connectivity index is 2.34. The van der Waals surface area contributed by atoms with Crippen molar-refractivity contribution in [2.75, 3.05) is 6.54 Å². The number of aromatic nitrogens is 1. The third-order valence-electron chi connectivity index (χ3n) is 3.28. The lowest BCUT2D eigenvalue weighted by Gasteiger charge is -2.10. The lowest BCUT2D eigenvalue weighted by molar-refractivity contribution is 0.561. The van der Waals surface area contributed by atoms with Gasteiger partial charge in [0.05, 0.1) is 0 Å². The first-order valence-corrected chi connectivity index (χ1v) is 6.45. The number of benzene rings is 1. The highest BCUT2D eigenvalue weighted by Crippen LogP contribution is 2.24. The van der Waals surface area contributed by atoms with E-state index in [0.29, 0.717) is 6.04 Å². The number of hydrogen-bond donors (Lipinski definition) is 2. The molecule has 0 spiro atoms. The molecule has 2 heteroatoms. The van der Waals surface area contributed by atoms with E-state index in [-0.39, 0.29) is 0 Å². The van der Waals surface area contributed by atoms with Gasteiger partial charge in [-0.15, -0.1) is 0 Å². The molecule has 1 aromatic carbocycles. The lowest BCUT2D eigenvalue weighted by Crippen LogP contribution is -2.19. The molecule has 1 heterocycles. The molecule has 2 rings (SSSR count). The maximum Gasteiger partial charge on any atom is 0.0461 e. The van der Waals surface area contributed by atoms with E-state index in [2.05, 4.69) is 56.2 Å². The molecule has 1 unspecified atom stereocenters. The minimum atomic E-state index is 0.391. The molecular formula is C15H22N2. The summed E-state index contributed by atoms with van der Waals surface area (Å²) in [4.78, 5) is 3.52. The Morgan fingerprint density at radius 3 is 2.71 bits per heavy atom. The van der Waals surface area contributed by atoms with E-state index in [1.165, 1.54) is 34.1 Å². The molecular weight excluding hydrogens is 208 g/mol. The number of aromatic amines is 1. The highest BCUT2D eigenvalue weighted by Gasteiger charge is 2.09. The molecule has 2 nitrogen and oxygen atoms in total. The van der Waals surface area contributed by atoms with E-state index in [4.69, 9.17) is 0 Å². The van der Waals surface area contributed by atoms with E-state index in [1.54, 1.807) is 0 Å². The normalized spacial score (nSPS) is 13.2. The molecule has 0 amide bonds. The summed E-state index contributed by atoms with van der Waals surface area (Å²) in [6.07, 6.45) is 1.17. The summed E-state index contributed by atoms with van der Waals surface area (Å²) in [5, 5.41) is 4.86. The Kier molecular flexibility index (Phi) is 3.53. The van der Waals surface area contributed by atoms with Crippen LogP contribution in [0.15, 0.2) is 18.2 Å². The van der Waals surface area contributed by atoms with Crippen LogP contribution in [0.5, 0.6) is 0 Å². The van der Waals surface area contributed by atoms with Gasteiger partial charge in [-0.05, 0) is 57.0 Å². The molecule has 0 bridgehead atoms. The van der Waals surface area contributed by atoms with E-state index in [9.17, 15) is 0 Å². The van der Waals surface area contributed by atoms with Crippen molar-refractivity contribution in [3.63, 3.8) is 0 Å². The maximum absolute atomic E-state index is 3.52. The number of aryl methyl sites for hydroxylation is 2. The highest BCUT2D eigenvalue weighted by molar-refractivity contribution is 5.84. The van der Waals surface area contributed by atoms with Gasteiger partial charge in [0.15, 0.2) is 0 Å². The summed E-state index contributed by atoms with van der Waals surface area (Å²) >= 11 is 0.